The average molecular weight is 214 g/mol. The maximum Gasteiger partial charge on any atom is 0.131 e. The summed E-state index contributed by atoms with van der Waals surface area (Å²) in [5, 5.41) is 10.7. The highest BCUT2D eigenvalue weighted by molar-refractivity contribution is 5.31. The Hall–Kier alpha value is -1.74. The third-order valence-corrected chi connectivity index (χ3v) is 2.77. The third kappa shape index (κ3) is 1.82. The maximum absolute atomic E-state index is 10.7. The van der Waals surface area contributed by atoms with Gasteiger partial charge in [0.25, 0.3) is 0 Å². The van der Waals surface area contributed by atoms with Crippen molar-refractivity contribution < 1.29 is 5.11 Å². The predicted octanol–water partition coefficient (Wildman–Crippen LogP) is 2.12. The van der Waals surface area contributed by atoms with Gasteiger partial charge >= 0.3 is 0 Å². The second-order valence-corrected chi connectivity index (χ2v) is 3.67. The highest BCUT2D eigenvalue weighted by Crippen LogP contribution is 2.30. The summed E-state index contributed by atoms with van der Waals surface area (Å²) in [4.78, 5) is 8.00. The summed E-state index contributed by atoms with van der Waals surface area (Å²) in [5.74, 6) is 0. The minimum Gasteiger partial charge on any atom is -0.379 e. The molecular formula is C13H14N2O. The first-order chi connectivity index (χ1) is 7.77. The van der Waals surface area contributed by atoms with E-state index in [2.05, 4.69) is 9.97 Å². The monoisotopic (exact) mass is 214 g/mol. The molecule has 0 aliphatic heterocycles. The molecule has 0 saturated carbocycles. The molecule has 3 nitrogen and oxygen atoms in total. The van der Waals surface area contributed by atoms with Gasteiger partial charge in [0.1, 0.15) is 11.9 Å². The average Bonchev–Trinajstić information content (AvgIpc) is 2.40. The molecule has 2 aromatic rings. The van der Waals surface area contributed by atoms with Crippen LogP contribution in [0.3, 0.4) is 0 Å². The molecule has 1 unspecified atom stereocenters. The van der Waals surface area contributed by atoms with Crippen LogP contribution in [0.1, 0.15) is 24.6 Å². The van der Waals surface area contributed by atoms with Crippen molar-refractivity contribution in [2.45, 2.75) is 18.9 Å². The van der Waals surface area contributed by atoms with Crippen LogP contribution in [0.2, 0.25) is 0 Å². The van der Waals surface area contributed by atoms with Gasteiger partial charge in [0.2, 0.25) is 0 Å². The number of nitrogens with zero attached hydrogens (tertiary/aromatic N) is 2. The van der Waals surface area contributed by atoms with Crippen molar-refractivity contribution in [2.24, 2.45) is 0 Å². The molecule has 1 aromatic carbocycles. The van der Waals surface area contributed by atoms with Gasteiger partial charge in [-0.05, 0) is 18.1 Å². The zero-order valence-electron chi connectivity index (χ0n) is 9.17. The van der Waals surface area contributed by atoms with Crippen molar-refractivity contribution >= 4 is 0 Å². The van der Waals surface area contributed by atoms with Gasteiger partial charge in [0, 0.05) is 6.20 Å². The lowest BCUT2D eigenvalue weighted by Gasteiger charge is -2.26. The van der Waals surface area contributed by atoms with E-state index < -0.39 is 5.60 Å². The molecule has 16 heavy (non-hydrogen) atoms. The normalized spacial score (nSPS) is 14.4. The molecule has 0 aliphatic rings. The van der Waals surface area contributed by atoms with Crippen molar-refractivity contribution in [3.63, 3.8) is 0 Å². The number of rotatable bonds is 3. The molecule has 0 radical (unpaired) electrons. The van der Waals surface area contributed by atoms with E-state index >= 15 is 0 Å². The van der Waals surface area contributed by atoms with Gasteiger partial charge in [-0.15, -0.1) is 0 Å². The van der Waals surface area contributed by atoms with E-state index in [-0.39, 0.29) is 0 Å². The lowest BCUT2D eigenvalue weighted by molar-refractivity contribution is 0.0717. The summed E-state index contributed by atoms with van der Waals surface area (Å²) in [6.07, 6.45) is 3.68. The SMILES string of the molecule is CCC(O)(c1ccccc1)c1ccncn1. The topological polar surface area (TPSA) is 46.0 Å². The van der Waals surface area contributed by atoms with Crippen LogP contribution in [0.4, 0.5) is 0 Å². The molecule has 1 atom stereocenters. The predicted molar refractivity (Wildman–Crippen MR) is 61.8 cm³/mol. The lowest BCUT2D eigenvalue weighted by atomic mass is 9.88. The molecule has 0 amide bonds. The summed E-state index contributed by atoms with van der Waals surface area (Å²) < 4.78 is 0. The largest absolute Gasteiger partial charge is 0.379 e. The number of hydrogen-bond acceptors (Lipinski definition) is 3. The van der Waals surface area contributed by atoms with Gasteiger partial charge < -0.3 is 5.11 Å². The van der Waals surface area contributed by atoms with E-state index in [0.29, 0.717) is 12.1 Å². The summed E-state index contributed by atoms with van der Waals surface area (Å²) in [6.45, 7) is 1.94. The lowest BCUT2D eigenvalue weighted by Crippen LogP contribution is -2.27. The van der Waals surface area contributed by atoms with Crippen LogP contribution in [0, 0.1) is 0 Å². The summed E-state index contributed by atoms with van der Waals surface area (Å²) in [6, 6.07) is 11.3. The molecule has 0 spiro atoms. The second kappa shape index (κ2) is 4.41. The smallest absolute Gasteiger partial charge is 0.131 e. The van der Waals surface area contributed by atoms with Crippen LogP contribution in [0.5, 0.6) is 0 Å². The molecule has 0 saturated heterocycles. The Labute approximate surface area is 94.8 Å². The van der Waals surface area contributed by atoms with E-state index in [4.69, 9.17) is 0 Å². The van der Waals surface area contributed by atoms with Crippen LogP contribution in [0.15, 0.2) is 48.9 Å². The van der Waals surface area contributed by atoms with Gasteiger partial charge in [-0.25, -0.2) is 9.97 Å². The van der Waals surface area contributed by atoms with E-state index in [1.807, 2.05) is 37.3 Å². The Morgan fingerprint density at radius 3 is 2.50 bits per heavy atom. The molecule has 0 aliphatic carbocycles. The van der Waals surface area contributed by atoms with Crippen LogP contribution in [0.25, 0.3) is 0 Å². The van der Waals surface area contributed by atoms with Crippen molar-refractivity contribution in [3.8, 4) is 0 Å². The minimum atomic E-state index is -1.02. The molecule has 1 aromatic heterocycles. The van der Waals surface area contributed by atoms with Crippen molar-refractivity contribution in [2.75, 3.05) is 0 Å². The van der Waals surface area contributed by atoms with Gasteiger partial charge in [-0.3, -0.25) is 0 Å². The number of benzene rings is 1. The molecule has 1 heterocycles. The fourth-order valence-electron chi connectivity index (χ4n) is 1.78. The van der Waals surface area contributed by atoms with Gasteiger partial charge in [-0.2, -0.15) is 0 Å². The molecular weight excluding hydrogens is 200 g/mol. The third-order valence-electron chi connectivity index (χ3n) is 2.77. The minimum absolute atomic E-state index is 0.577. The fraction of sp³-hybridized carbons (Fsp3) is 0.231. The van der Waals surface area contributed by atoms with Crippen LogP contribution in [-0.4, -0.2) is 15.1 Å². The zero-order chi connectivity index (χ0) is 11.4. The Bertz CT molecular complexity index is 403. The molecule has 82 valence electrons. The number of hydrogen-bond donors (Lipinski definition) is 1. The first kappa shape index (κ1) is 10.8. The van der Waals surface area contributed by atoms with E-state index in [1.54, 1.807) is 12.3 Å². The van der Waals surface area contributed by atoms with Crippen LogP contribution in [-0.2, 0) is 5.60 Å². The van der Waals surface area contributed by atoms with Crippen molar-refractivity contribution in [1.29, 1.82) is 0 Å². The van der Waals surface area contributed by atoms with Crippen LogP contribution >= 0.6 is 0 Å². The Kier molecular flexibility index (Phi) is 2.97. The Morgan fingerprint density at radius 1 is 1.19 bits per heavy atom. The Balaban J connectivity index is 2.49. The fourth-order valence-corrected chi connectivity index (χ4v) is 1.78. The van der Waals surface area contributed by atoms with Crippen molar-refractivity contribution in [1.82, 2.24) is 9.97 Å². The van der Waals surface area contributed by atoms with Crippen LogP contribution < -0.4 is 0 Å². The zero-order valence-corrected chi connectivity index (χ0v) is 9.17. The highest BCUT2D eigenvalue weighted by Gasteiger charge is 2.30. The second-order valence-electron chi connectivity index (χ2n) is 3.67. The molecule has 0 bridgehead atoms. The molecule has 3 heteroatoms. The Morgan fingerprint density at radius 2 is 1.94 bits per heavy atom. The summed E-state index contributed by atoms with van der Waals surface area (Å²) >= 11 is 0. The first-order valence-electron chi connectivity index (χ1n) is 5.32. The molecule has 0 fully saturated rings. The van der Waals surface area contributed by atoms with E-state index in [9.17, 15) is 5.11 Å². The number of aliphatic hydroxyl groups is 1. The maximum atomic E-state index is 10.7. The highest BCUT2D eigenvalue weighted by atomic mass is 16.3. The quantitative estimate of drug-likeness (QED) is 0.851. The molecule has 2 rings (SSSR count). The van der Waals surface area contributed by atoms with E-state index in [1.165, 1.54) is 6.33 Å². The summed E-state index contributed by atoms with van der Waals surface area (Å²) in [5.41, 5.74) is 0.469. The standard InChI is InChI=1S/C13H14N2O/c1-2-13(16,11-6-4-3-5-7-11)12-8-9-14-10-15-12/h3-10,16H,2H2,1H3. The number of aromatic nitrogens is 2. The first-order valence-corrected chi connectivity index (χ1v) is 5.32. The van der Waals surface area contributed by atoms with E-state index in [0.717, 1.165) is 5.56 Å². The van der Waals surface area contributed by atoms with Gasteiger partial charge in [-0.1, -0.05) is 37.3 Å². The van der Waals surface area contributed by atoms with Gasteiger partial charge in [0.15, 0.2) is 0 Å². The summed E-state index contributed by atoms with van der Waals surface area (Å²) in [7, 11) is 0. The van der Waals surface area contributed by atoms with Crippen molar-refractivity contribution in [3.05, 3.63) is 60.2 Å². The molecule has 1 N–H and O–H groups in total. The van der Waals surface area contributed by atoms with Gasteiger partial charge in [0.05, 0.1) is 5.69 Å².